The Morgan fingerprint density at radius 1 is 1.22 bits per heavy atom. The van der Waals surface area contributed by atoms with Crippen LogP contribution in [-0.2, 0) is 19.2 Å². The average molecular weight is 325 g/mol. The van der Waals surface area contributed by atoms with E-state index in [4.69, 9.17) is 17.2 Å². The van der Waals surface area contributed by atoms with Crippen molar-refractivity contribution < 1.29 is 19.2 Å². The van der Waals surface area contributed by atoms with E-state index in [-0.39, 0.29) is 31.2 Å². The first-order chi connectivity index (χ1) is 10.8. The summed E-state index contributed by atoms with van der Waals surface area (Å²) in [5.41, 5.74) is 15.2. The minimum atomic E-state index is -0.832. The normalized spacial score (nSPS) is 25.2. The fraction of sp³-hybridized carbons (Fsp3) is 0.714. The topological polar surface area (TPSA) is 153 Å². The lowest BCUT2D eigenvalue weighted by Gasteiger charge is -2.54. The van der Waals surface area contributed by atoms with Gasteiger partial charge in [-0.3, -0.25) is 19.2 Å². The molecule has 2 atom stereocenters. The first-order valence-electron chi connectivity index (χ1n) is 7.67. The van der Waals surface area contributed by atoms with Crippen LogP contribution in [0, 0.1) is 5.41 Å². The Morgan fingerprint density at radius 2 is 1.91 bits per heavy atom. The Balaban J connectivity index is 2.04. The van der Waals surface area contributed by atoms with Crippen molar-refractivity contribution in [3.8, 4) is 0 Å². The number of primary amides is 2. The lowest BCUT2D eigenvalue weighted by atomic mass is 9.71. The maximum atomic E-state index is 12.6. The van der Waals surface area contributed by atoms with Crippen LogP contribution in [0.5, 0.6) is 0 Å². The smallest absolute Gasteiger partial charge is 0.240 e. The van der Waals surface area contributed by atoms with E-state index in [0.717, 1.165) is 0 Å². The molecule has 23 heavy (non-hydrogen) atoms. The van der Waals surface area contributed by atoms with Crippen LogP contribution in [0.4, 0.5) is 0 Å². The van der Waals surface area contributed by atoms with E-state index in [2.05, 4.69) is 0 Å². The van der Waals surface area contributed by atoms with Gasteiger partial charge in [-0.25, -0.2) is 0 Å². The van der Waals surface area contributed by atoms with Crippen molar-refractivity contribution in [2.45, 2.75) is 31.7 Å². The van der Waals surface area contributed by atoms with Gasteiger partial charge in [0.1, 0.15) is 6.04 Å². The molecule has 0 bridgehead atoms. The van der Waals surface area contributed by atoms with Gasteiger partial charge in [0.05, 0.1) is 12.0 Å². The second-order valence-corrected chi connectivity index (χ2v) is 6.26. The molecule has 1 spiro atoms. The minimum absolute atomic E-state index is 0.0117. The van der Waals surface area contributed by atoms with E-state index in [1.165, 1.54) is 4.90 Å². The summed E-state index contributed by atoms with van der Waals surface area (Å²) in [6.07, 6.45) is 1.49. The molecule has 2 aliphatic heterocycles. The molecule has 9 heteroatoms. The van der Waals surface area contributed by atoms with Gasteiger partial charge >= 0.3 is 0 Å². The third kappa shape index (κ3) is 3.29. The lowest BCUT2D eigenvalue weighted by molar-refractivity contribution is -0.174. The molecule has 0 aromatic heterocycles. The van der Waals surface area contributed by atoms with Crippen LogP contribution in [0.2, 0.25) is 0 Å². The van der Waals surface area contributed by atoms with Gasteiger partial charge < -0.3 is 27.0 Å². The number of likely N-dealkylation sites (tertiary alicyclic amines) is 2. The van der Waals surface area contributed by atoms with Crippen LogP contribution < -0.4 is 17.2 Å². The third-order valence-electron chi connectivity index (χ3n) is 4.66. The van der Waals surface area contributed by atoms with Gasteiger partial charge in [0.15, 0.2) is 0 Å². The number of piperidine rings is 1. The van der Waals surface area contributed by atoms with Gasteiger partial charge in [0.2, 0.25) is 23.6 Å². The number of carbonyl (C=O) groups excluding carboxylic acids is 4. The van der Waals surface area contributed by atoms with Crippen LogP contribution in [-0.4, -0.2) is 65.6 Å². The maximum Gasteiger partial charge on any atom is 0.240 e. The number of hydrogen-bond acceptors (Lipinski definition) is 5. The van der Waals surface area contributed by atoms with Gasteiger partial charge in [-0.05, 0) is 19.3 Å². The molecule has 2 saturated heterocycles. The Morgan fingerprint density at radius 3 is 2.43 bits per heavy atom. The first-order valence-corrected chi connectivity index (χ1v) is 7.67. The summed E-state index contributed by atoms with van der Waals surface area (Å²) in [4.78, 5) is 49.8. The highest BCUT2D eigenvalue weighted by Crippen LogP contribution is 2.41. The Bertz CT molecular complexity index is 537. The van der Waals surface area contributed by atoms with Crippen molar-refractivity contribution in [1.82, 2.24) is 9.80 Å². The highest BCUT2D eigenvalue weighted by Gasteiger charge is 2.56. The van der Waals surface area contributed by atoms with Crippen LogP contribution >= 0.6 is 0 Å². The zero-order chi connectivity index (χ0) is 17.2. The van der Waals surface area contributed by atoms with Gasteiger partial charge in [0, 0.05) is 26.1 Å². The van der Waals surface area contributed by atoms with Crippen molar-refractivity contribution in [2.24, 2.45) is 22.6 Å². The Hall–Kier alpha value is -2.16. The SMILES string of the molecule is NCC(=O)N1CCCC2(C1)CN(C(CCC(N)=O)C(N)=O)C2=O. The van der Waals surface area contributed by atoms with Crippen molar-refractivity contribution in [1.29, 1.82) is 0 Å². The molecule has 0 aliphatic carbocycles. The molecular formula is C14H23N5O4. The molecule has 6 N–H and O–H groups in total. The predicted octanol–water partition coefficient (Wildman–Crippen LogP) is -2.48. The molecule has 0 aromatic rings. The summed E-state index contributed by atoms with van der Waals surface area (Å²) in [6, 6.07) is -0.832. The van der Waals surface area contributed by atoms with Crippen LogP contribution in [0.3, 0.4) is 0 Å². The third-order valence-corrected chi connectivity index (χ3v) is 4.66. The van der Waals surface area contributed by atoms with E-state index in [1.54, 1.807) is 4.90 Å². The molecular weight excluding hydrogens is 302 g/mol. The van der Waals surface area contributed by atoms with Crippen molar-refractivity contribution in [3.05, 3.63) is 0 Å². The quantitative estimate of drug-likeness (QED) is 0.461. The summed E-state index contributed by atoms with van der Waals surface area (Å²) in [5.74, 6) is -1.58. The lowest BCUT2D eigenvalue weighted by Crippen LogP contribution is -2.71. The fourth-order valence-corrected chi connectivity index (χ4v) is 3.44. The zero-order valence-corrected chi connectivity index (χ0v) is 13.0. The summed E-state index contributed by atoms with van der Waals surface area (Å²) in [6.45, 7) is 1.18. The molecule has 0 radical (unpaired) electrons. The first kappa shape index (κ1) is 17.2. The molecule has 4 amide bonds. The molecule has 0 saturated carbocycles. The maximum absolute atomic E-state index is 12.6. The van der Waals surface area contributed by atoms with Gasteiger partial charge in [-0.1, -0.05) is 0 Å². The summed E-state index contributed by atoms with van der Waals surface area (Å²) < 4.78 is 0. The van der Waals surface area contributed by atoms with E-state index in [9.17, 15) is 19.2 Å². The van der Waals surface area contributed by atoms with E-state index in [1.807, 2.05) is 0 Å². The van der Waals surface area contributed by atoms with Crippen LogP contribution in [0.15, 0.2) is 0 Å². The number of carbonyl (C=O) groups is 4. The molecule has 2 rings (SSSR count). The Labute approximate surface area is 134 Å². The monoisotopic (exact) mass is 325 g/mol. The molecule has 2 aliphatic rings. The molecule has 0 aromatic carbocycles. The van der Waals surface area contributed by atoms with Gasteiger partial charge in [-0.15, -0.1) is 0 Å². The van der Waals surface area contributed by atoms with E-state index in [0.29, 0.717) is 32.5 Å². The summed E-state index contributed by atoms with van der Waals surface area (Å²) >= 11 is 0. The van der Waals surface area contributed by atoms with Crippen LogP contribution in [0.25, 0.3) is 0 Å². The van der Waals surface area contributed by atoms with E-state index >= 15 is 0 Å². The number of amides is 4. The van der Waals surface area contributed by atoms with Crippen molar-refractivity contribution in [2.75, 3.05) is 26.2 Å². The second kappa shape index (κ2) is 6.53. The minimum Gasteiger partial charge on any atom is -0.370 e. The van der Waals surface area contributed by atoms with Gasteiger partial charge in [-0.2, -0.15) is 0 Å². The number of rotatable bonds is 6. The highest BCUT2D eigenvalue weighted by atomic mass is 16.2. The molecule has 2 unspecified atom stereocenters. The number of β-lactam (4-membered cyclic amide) rings is 1. The number of nitrogens with zero attached hydrogens (tertiary/aromatic N) is 2. The predicted molar refractivity (Wildman–Crippen MR) is 80.4 cm³/mol. The molecule has 2 heterocycles. The zero-order valence-electron chi connectivity index (χ0n) is 13.0. The number of nitrogens with two attached hydrogens (primary N) is 3. The molecule has 2 fully saturated rings. The van der Waals surface area contributed by atoms with Crippen molar-refractivity contribution in [3.63, 3.8) is 0 Å². The van der Waals surface area contributed by atoms with Crippen LogP contribution in [0.1, 0.15) is 25.7 Å². The standard InChI is InChI=1S/C14H23N5O4/c15-6-11(21)18-5-1-4-14(7-18)8-19(13(14)23)9(12(17)22)2-3-10(16)20/h9H,1-8,15H2,(H2,16,20)(H2,17,22). The summed E-state index contributed by atoms with van der Waals surface area (Å²) in [7, 11) is 0. The van der Waals surface area contributed by atoms with Crippen molar-refractivity contribution >= 4 is 23.6 Å². The largest absolute Gasteiger partial charge is 0.370 e. The molecule has 128 valence electrons. The summed E-state index contributed by atoms with van der Waals surface area (Å²) in [5, 5.41) is 0. The van der Waals surface area contributed by atoms with Gasteiger partial charge in [0.25, 0.3) is 0 Å². The molecule has 9 nitrogen and oxygen atoms in total. The highest BCUT2D eigenvalue weighted by molar-refractivity contribution is 5.95. The second-order valence-electron chi connectivity index (χ2n) is 6.26. The number of hydrogen-bond donors (Lipinski definition) is 3. The average Bonchev–Trinajstić information content (AvgIpc) is 2.52. The Kier molecular flexibility index (Phi) is 4.88. The van der Waals surface area contributed by atoms with E-state index < -0.39 is 23.3 Å². The fourth-order valence-electron chi connectivity index (χ4n) is 3.44.